The number of anilines is 6. The number of ether oxygens (including phenoxy) is 6. The van der Waals surface area contributed by atoms with Crippen molar-refractivity contribution in [2.45, 2.75) is 20.8 Å². The Balaban J connectivity index is 1.27. The summed E-state index contributed by atoms with van der Waals surface area (Å²) in [6.45, 7) is 6.76. The van der Waals surface area contributed by atoms with Crippen molar-refractivity contribution in [1.82, 2.24) is 0 Å². The third-order valence-electron chi connectivity index (χ3n) is 10.1. The second-order valence-corrected chi connectivity index (χ2v) is 12.8. The molecule has 0 spiro atoms. The number of rotatable bonds is 2. The van der Waals surface area contributed by atoms with E-state index in [-0.39, 0.29) is 27.1 Å². The lowest BCUT2D eigenvalue weighted by molar-refractivity contribution is 0.173. The molecule has 0 bridgehead atoms. The van der Waals surface area contributed by atoms with Crippen molar-refractivity contribution >= 4 is 68.4 Å². The van der Waals surface area contributed by atoms with Crippen LogP contribution in [-0.2, 0) is 0 Å². The predicted octanol–water partition coefficient (Wildman–Crippen LogP) is 6.63. The average Bonchev–Trinajstić information content (AvgIpc) is 3.90. The lowest BCUT2D eigenvalue weighted by atomic mass is 9.35. The maximum absolute atomic E-state index is 6.95. The topological polar surface area (TPSA) is 75.0 Å². The van der Waals surface area contributed by atoms with Crippen LogP contribution >= 0.6 is 0 Å². The number of benzene rings is 5. The standard InChI is InChI=1S/C38H27BN2O7/c1-19-10-26-34-27(11-19)41(35-20(2)12-33-37(21(35)3)47-18-46-33)36-23-6-4-5-7-28(23)48-38(36)39(34)24-14-31-32(45-17-44-31)15-25(24)40(26)22-8-9-29-30(13-22)43-16-42-29/h4-15H,16-18H2,1-3H3. The zero-order valence-electron chi connectivity index (χ0n) is 26.4. The van der Waals surface area contributed by atoms with Crippen molar-refractivity contribution < 1.29 is 32.8 Å². The van der Waals surface area contributed by atoms with Gasteiger partial charge in [-0.2, -0.15) is 0 Å². The molecule has 0 atom stereocenters. The van der Waals surface area contributed by atoms with Gasteiger partial charge in [-0.15, -0.1) is 0 Å². The molecule has 6 heterocycles. The van der Waals surface area contributed by atoms with Crippen molar-refractivity contribution in [2.75, 3.05) is 30.2 Å². The van der Waals surface area contributed by atoms with E-state index in [1.165, 1.54) is 0 Å². The lowest BCUT2D eigenvalue weighted by Gasteiger charge is -2.43. The first-order chi connectivity index (χ1) is 23.5. The van der Waals surface area contributed by atoms with Crippen LogP contribution < -0.4 is 54.8 Å². The SMILES string of the molecule is Cc1cc2c3c(c1)N(c1c(C)cc4c(c1C)OCO4)c1c(oc4ccccc14)B3c1cc3c(cc1N2c1ccc2c(c1)OCO2)OCO3. The third-order valence-corrected chi connectivity index (χ3v) is 10.1. The van der Waals surface area contributed by atoms with Crippen molar-refractivity contribution in [3.05, 3.63) is 89.5 Å². The summed E-state index contributed by atoms with van der Waals surface area (Å²) in [5, 5.41) is 1.04. The Morgan fingerprint density at radius 2 is 1.31 bits per heavy atom. The van der Waals surface area contributed by atoms with Crippen LogP contribution in [0.15, 0.2) is 77.2 Å². The third kappa shape index (κ3) is 3.31. The quantitative estimate of drug-likeness (QED) is 0.195. The van der Waals surface area contributed by atoms with E-state index in [2.05, 4.69) is 79.1 Å². The highest BCUT2D eigenvalue weighted by molar-refractivity contribution is 7.00. The van der Waals surface area contributed by atoms with E-state index in [1.807, 2.05) is 24.3 Å². The molecule has 48 heavy (non-hydrogen) atoms. The fraction of sp³-hybridized carbons (Fsp3) is 0.158. The summed E-state index contributed by atoms with van der Waals surface area (Å²) >= 11 is 0. The molecule has 0 N–H and O–H groups in total. The van der Waals surface area contributed by atoms with Gasteiger partial charge in [0.25, 0.3) is 6.71 Å². The monoisotopic (exact) mass is 634 g/mol. The minimum absolute atomic E-state index is 0.177. The van der Waals surface area contributed by atoms with Gasteiger partial charge >= 0.3 is 0 Å². The van der Waals surface area contributed by atoms with Gasteiger partial charge in [-0.1, -0.05) is 12.1 Å². The highest BCUT2D eigenvalue weighted by Gasteiger charge is 2.48. The normalized spacial score (nSPS) is 15.6. The summed E-state index contributed by atoms with van der Waals surface area (Å²) in [7, 11) is 0. The second kappa shape index (κ2) is 9.13. The van der Waals surface area contributed by atoms with Gasteiger partial charge in [-0.25, -0.2) is 0 Å². The van der Waals surface area contributed by atoms with Gasteiger partial charge in [0.1, 0.15) is 5.58 Å². The number of hydrogen-bond acceptors (Lipinski definition) is 9. The molecule has 6 aromatic rings. The first-order valence-electron chi connectivity index (χ1n) is 16.0. The summed E-state index contributed by atoms with van der Waals surface area (Å²) in [5.74, 6) is 4.42. The van der Waals surface area contributed by atoms with E-state index in [0.29, 0.717) is 11.5 Å². The van der Waals surface area contributed by atoms with Gasteiger partial charge in [-0.05, 0) is 91.4 Å². The largest absolute Gasteiger partial charge is 0.468 e. The van der Waals surface area contributed by atoms with Crippen LogP contribution in [0.25, 0.3) is 11.0 Å². The van der Waals surface area contributed by atoms with Gasteiger partial charge in [0.05, 0.1) is 22.7 Å². The highest BCUT2D eigenvalue weighted by atomic mass is 16.7. The van der Waals surface area contributed by atoms with Crippen LogP contribution in [0, 0.1) is 20.8 Å². The minimum atomic E-state index is -0.223. The Kier molecular flexibility index (Phi) is 4.98. The Morgan fingerprint density at radius 3 is 2.17 bits per heavy atom. The maximum Gasteiger partial charge on any atom is 0.297 e. The van der Waals surface area contributed by atoms with Gasteiger partial charge in [0.15, 0.2) is 34.5 Å². The minimum Gasteiger partial charge on any atom is -0.468 e. The molecule has 11 rings (SSSR count). The molecule has 5 aliphatic rings. The molecular weight excluding hydrogens is 607 g/mol. The Bertz CT molecular complexity index is 2420. The predicted molar refractivity (Wildman–Crippen MR) is 183 cm³/mol. The number of aryl methyl sites for hydroxylation is 2. The summed E-state index contributed by atoms with van der Waals surface area (Å²) < 4.78 is 42.3. The highest BCUT2D eigenvalue weighted by Crippen LogP contribution is 2.53. The molecule has 0 fully saturated rings. The molecular formula is C38H27BN2O7. The number of nitrogens with zero attached hydrogens (tertiary/aromatic N) is 2. The number of hydrogen-bond donors (Lipinski definition) is 0. The van der Waals surface area contributed by atoms with E-state index in [4.69, 9.17) is 32.8 Å². The van der Waals surface area contributed by atoms with Crippen molar-refractivity contribution in [1.29, 1.82) is 0 Å². The molecule has 0 unspecified atom stereocenters. The van der Waals surface area contributed by atoms with Crippen molar-refractivity contribution in [3.8, 4) is 34.5 Å². The fourth-order valence-corrected chi connectivity index (χ4v) is 8.19. The first-order valence-corrected chi connectivity index (χ1v) is 16.0. The Hall–Kier alpha value is -5.90. The van der Waals surface area contributed by atoms with E-state index < -0.39 is 0 Å². The van der Waals surface area contributed by atoms with Crippen LogP contribution in [0.1, 0.15) is 16.7 Å². The maximum atomic E-state index is 6.95. The molecule has 0 saturated carbocycles. The lowest BCUT2D eigenvalue weighted by Crippen LogP contribution is -2.61. The van der Waals surface area contributed by atoms with Crippen LogP contribution in [0.3, 0.4) is 0 Å². The van der Waals surface area contributed by atoms with E-state index in [0.717, 1.165) is 101 Å². The molecule has 0 saturated heterocycles. The molecule has 0 radical (unpaired) electrons. The number of para-hydroxylation sites is 1. The van der Waals surface area contributed by atoms with E-state index >= 15 is 0 Å². The van der Waals surface area contributed by atoms with Crippen molar-refractivity contribution in [2.24, 2.45) is 0 Å². The molecule has 10 heteroatoms. The Morgan fingerprint density at radius 1 is 0.604 bits per heavy atom. The Labute approximate surface area is 275 Å². The van der Waals surface area contributed by atoms with Crippen LogP contribution in [0.5, 0.6) is 34.5 Å². The van der Waals surface area contributed by atoms with Crippen LogP contribution in [-0.4, -0.2) is 27.1 Å². The molecule has 0 amide bonds. The smallest absolute Gasteiger partial charge is 0.297 e. The van der Waals surface area contributed by atoms with Gasteiger partial charge in [-0.3, -0.25) is 0 Å². The summed E-state index contributed by atoms with van der Waals surface area (Å²) in [6.07, 6.45) is 0. The summed E-state index contributed by atoms with van der Waals surface area (Å²) in [4.78, 5) is 4.68. The zero-order chi connectivity index (χ0) is 31.8. The number of fused-ring (bicyclic) bond motifs is 9. The summed E-state index contributed by atoms with van der Waals surface area (Å²) in [6, 6.07) is 25.2. The van der Waals surface area contributed by atoms with Gasteiger partial charge in [0, 0.05) is 40.1 Å². The molecule has 9 nitrogen and oxygen atoms in total. The van der Waals surface area contributed by atoms with Gasteiger partial charge < -0.3 is 42.6 Å². The molecule has 234 valence electrons. The van der Waals surface area contributed by atoms with Crippen LogP contribution in [0.2, 0.25) is 0 Å². The fourth-order valence-electron chi connectivity index (χ4n) is 8.19. The van der Waals surface area contributed by atoms with E-state index in [1.54, 1.807) is 0 Å². The van der Waals surface area contributed by atoms with Crippen molar-refractivity contribution in [3.63, 3.8) is 0 Å². The average molecular weight is 634 g/mol. The number of furan rings is 1. The first kappa shape index (κ1) is 26.2. The summed E-state index contributed by atoms with van der Waals surface area (Å²) in [5.41, 5.74) is 13.2. The van der Waals surface area contributed by atoms with Gasteiger partial charge in [0.2, 0.25) is 20.4 Å². The van der Waals surface area contributed by atoms with E-state index in [9.17, 15) is 0 Å². The molecule has 1 aromatic heterocycles. The zero-order valence-corrected chi connectivity index (χ0v) is 26.4. The van der Waals surface area contributed by atoms with Crippen LogP contribution in [0.4, 0.5) is 34.1 Å². The molecule has 5 aliphatic heterocycles. The second-order valence-electron chi connectivity index (χ2n) is 12.8. The molecule has 0 aliphatic carbocycles. The molecule has 5 aromatic carbocycles.